The van der Waals surface area contributed by atoms with Crippen molar-refractivity contribution in [2.45, 2.75) is 24.7 Å². The number of carbonyl (C=O) groups excluding carboxylic acids is 3. The predicted molar refractivity (Wildman–Crippen MR) is 120 cm³/mol. The average Bonchev–Trinajstić information content (AvgIpc) is 2.84. The van der Waals surface area contributed by atoms with Crippen LogP contribution in [0.25, 0.3) is 6.08 Å². The first kappa shape index (κ1) is 23.4. The second-order valence-corrected chi connectivity index (χ2v) is 7.49. The molecule has 1 saturated heterocycles. The molecule has 2 aromatic carbocycles. The summed E-state index contributed by atoms with van der Waals surface area (Å²) >= 11 is 0. The van der Waals surface area contributed by atoms with E-state index in [1.807, 2.05) is 72.8 Å². The molecule has 168 valence electrons. The maximum absolute atomic E-state index is 13.0. The number of β-lactam (4-membered cyclic amide) rings is 1. The Labute approximate surface area is 188 Å². The molecule has 1 aliphatic rings. The molecule has 7 heteroatoms. The van der Waals surface area contributed by atoms with Crippen molar-refractivity contribution in [2.75, 3.05) is 26.9 Å². The highest BCUT2D eigenvalue weighted by atomic mass is 16.5. The fourth-order valence-electron chi connectivity index (χ4n) is 3.72. The van der Waals surface area contributed by atoms with Crippen molar-refractivity contribution in [3.8, 4) is 0 Å². The Hall–Kier alpha value is -3.29. The van der Waals surface area contributed by atoms with Crippen LogP contribution in [0, 0.1) is 0 Å². The van der Waals surface area contributed by atoms with Gasteiger partial charge in [-0.1, -0.05) is 72.8 Å². The van der Waals surface area contributed by atoms with E-state index in [0.717, 1.165) is 17.4 Å². The van der Waals surface area contributed by atoms with Gasteiger partial charge in [0.05, 0.1) is 25.9 Å². The molecule has 0 aromatic heterocycles. The number of likely N-dealkylation sites (tertiary alicyclic amines) is 1. The normalized spacial score (nSPS) is 18.9. The summed E-state index contributed by atoms with van der Waals surface area (Å²) < 4.78 is 10.8. The topological polar surface area (TPSA) is 76.2 Å². The lowest BCUT2D eigenvalue weighted by molar-refractivity contribution is -0.166. The number of carbonyl (C=O) groups is 3. The maximum Gasteiger partial charge on any atom is 0.249 e. The number of benzene rings is 2. The van der Waals surface area contributed by atoms with Crippen LogP contribution in [0.5, 0.6) is 0 Å². The van der Waals surface area contributed by atoms with E-state index in [9.17, 15) is 14.4 Å². The minimum Gasteiger partial charge on any atom is -0.383 e. The standard InChI is InChI=1S/C25H28N2O5/c1-31-15-14-26(19-29)24-23(13-12-20-8-4-2-5-9-20)27(25(24)30)22(16-28)18-32-17-21-10-6-3-7-11-21/h2-13,16,19,22-24H,14-15,17-18H2,1H3/b13-12+/t22?,23?,24-/m0/s1. The van der Waals surface area contributed by atoms with Crippen LogP contribution in [0.2, 0.25) is 0 Å². The smallest absolute Gasteiger partial charge is 0.249 e. The Bertz CT molecular complexity index is 903. The van der Waals surface area contributed by atoms with Crippen molar-refractivity contribution in [1.29, 1.82) is 0 Å². The van der Waals surface area contributed by atoms with Crippen LogP contribution < -0.4 is 0 Å². The van der Waals surface area contributed by atoms with Crippen LogP contribution in [0.4, 0.5) is 0 Å². The highest BCUT2D eigenvalue weighted by molar-refractivity contribution is 5.94. The number of nitrogens with zero attached hydrogens (tertiary/aromatic N) is 2. The minimum absolute atomic E-state index is 0.0751. The van der Waals surface area contributed by atoms with Gasteiger partial charge < -0.3 is 24.1 Å². The van der Waals surface area contributed by atoms with Gasteiger partial charge in [0.15, 0.2) is 0 Å². The number of aldehydes is 1. The molecular weight excluding hydrogens is 408 g/mol. The molecule has 0 bridgehead atoms. The minimum atomic E-state index is -0.746. The van der Waals surface area contributed by atoms with Crippen LogP contribution in [0.15, 0.2) is 66.7 Å². The van der Waals surface area contributed by atoms with E-state index in [4.69, 9.17) is 9.47 Å². The molecule has 0 spiro atoms. The summed E-state index contributed by atoms with van der Waals surface area (Å²) in [7, 11) is 1.54. The van der Waals surface area contributed by atoms with Crippen molar-refractivity contribution in [3.05, 3.63) is 77.9 Å². The van der Waals surface area contributed by atoms with E-state index < -0.39 is 18.1 Å². The van der Waals surface area contributed by atoms with E-state index in [1.165, 1.54) is 16.9 Å². The van der Waals surface area contributed by atoms with Gasteiger partial charge >= 0.3 is 0 Å². The van der Waals surface area contributed by atoms with Crippen LogP contribution in [-0.2, 0) is 30.5 Å². The summed E-state index contributed by atoms with van der Waals surface area (Å²) in [6, 6.07) is 17.4. The number of hydrogen-bond acceptors (Lipinski definition) is 5. The Morgan fingerprint density at radius 1 is 1.06 bits per heavy atom. The first-order valence-corrected chi connectivity index (χ1v) is 10.5. The monoisotopic (exact) mass is 436 g/mol. The van der Waals surface area contributed by atoms with Crippen molar-refractivity contribution < 1.29 is 23.9 Å². The molecule has 0 aliphatic carbocycles. The molecular formula is C25H28N2O5. The van der Waals surface area contributed by atoms with Gasteiger partial charge in [0.1, 0.15) is 18.4 Å². The maximum atomic E-state index is 13.0. The van der Waals surface area contributed by atoms with Crippen LogP contribution >= 0.6 is 0 Å². The van der Waals surface area contributed by atoms with E-state index in [2.05, 4.69) is 0 Å². The summed E-state index contributed by atoms with van der Waals surface area (Å²) in [5.74, 6) is -0.281. The van der Waals surface area contributed by atoms with Gasteiger partial charge in [-0.25, -0.2) is 0 Å². The third-order valence-electron chi connectivity index (χ3n) is 5.40. The van der Waals surface area contributed by atoms with Crippen LogP contribution in [0.3, 0.4) is 0 Å². The SMILES string of the molecule is COCCN(C=O)[C@@H]1C(=O)N(C(C=O)COCc2ccccc2)C1/C=C/c1ccccc1. The summed E-state index contributed by atoms with van der Waals surface area (Å²) in [6.45, 7) is 1.02. The average molecular weight is 437 g/mol. The van der Waals surface area contributed by atoms with Crippen LogP contribution in [-0.4, -0.2) is 73.4 Å². The molecule has 2 unspecified atom stereocenters. The molecule has 2 aromatic rings. The van der Waals surface area contributed by atoms with Gasteiger partial charge in [-0.3, -0.25) is 9.59 Å². The highest BCUT2D eigenvalue weighted by Gasteiger charge is 2.51. The number of ether oxygens (including phenoxy) is 2. The number of amides is 2. The Balaban J connectivity index is 1.74. The van der Waals surface area contributed by atoms with Crippen LogP contribution in [0.1, 0.15) is 11.1 Å². The third-order valence-corrected chi connectivity index (χ3v) is 5.40. The van der Waals surface area contributed by atoms with Gasteiger partial charge in [0, 0.05) is 13.7 Å². The fourth-order valence-corrected chi connectivity index (χ4v) is 3.72. The van der Waals surface area contributed by atoms with Gasteiger partial charge in [-0.15, -0.1) is 0 Å². The zero-order chi connectivity index (χ0) is 22.8. The van der Waals surface area contributed by atoms with Crippen molar-refractivity contribution in [2.24, 2.45) is 0 Å². The van der Waals surface area contributed by atoms with Crippen molar-refractivity contribution in [3.63, 3.8) is 0 Å². The molecule has 1 fully saturated rings. The van der Waals surface area contributed by atoms with Gasteiger partial charge in [0.2, 0.25) is 12.3 Å². The third kappa shape index (κ3) is 5.69. The Morgan fingerprint density at radius 3 is 2.38 bits per heavy atom. The van der Waals surface area contributed by atoms with Gasteiger partial charge in [-0.05, 0) is 11.1 Å². The lowest BCUT2D eigenvalue weighted by atomic mass is 9.90. The number of rotatable bonds is 13. The lowest BCUT2D eigenvalue weighted by Gasteiger charge is -2.51. The summed E-state index contributed by atoms with van der Waals surface area (Å²) in [5, 5.41) is 0. The summed E-state index contributed by atoms with van der Waals surface area (Å²) in [5.41, 5.74) is 1.94. The number of methoxy groups -OCH3 is 1. The largest absolute Gasteiger partial charge is 0.383 e. The molecule has 7 nitrogen and oxygen atoms in total. The van der Waals surface area contributed by atoms with Gasteiger partial charge in [0.25, 0.3) is 0 Å². The Kier molecular flexibility index (Phi) is 8.71. The second-order valence-electron chi connectivity index (χ2n) is 7.49. The summed E-state index contributed by atoms with van der Waals surface area (Å²) in [4.78, 5) is 39.5. The predicted octanol–water partition coefficient (Wildman–Crippen LogP) is 2.17. The van der Waals surface area contributed by atoms with E-state index >= 15 is 0 Å². The second kappa shape index (κ2) is 11.9. The Morgan fingerprint density at radius 2 is 1.75 bits per heavy atom. The quantitative estimate of drug-likeness (QED) is 0.355. The molecule has 3 rings (SSSR count). The van der Waals surface area contributed by atoms with Gasteiger partial charge in [-0.2, -0.15) is 0 Å². The van der Waals surface area contributed by atoms with E-state index in [-0.39, 0.29) is 19.1 Å². The molecule has 0 N–H and O–H groups in total. The lowest BCUT2D eigenvalue weighted by Crippen LogP contribution is -2.73. The van der Waals surface area contributed by atoms with Crippen molar-refractivity contribution in [1.82, 2.24) is 9.80 Å². The zero-order valence-corrected chi connectivity index (χ0v) is 18.1. The summed E-state index contributed by atoms with van der Waals surface area (Å²) in [6.07, 6.45) is 5.13. The first-order valence-electron chi connectivity index (χ1n) is 10.5. The molecule has 0 saturated carbocycles. The molecule has 2 amide bonds. The molecule has 0 radical (unpaired) electrons. The molecule has 32 heavy (non-hydrogen) atoms. The molecule has 3 atom stereocenters. The van der Waals surface area contributed by atoms with E-state index in [1.54, 1.807) is 0 Å². The molecule has 1 heterocycles. The zero-order valence-electron chi connectivity index (χ0n) is 18.1. The molecule has 1 aliphatic heterocycles. The van der Waals surface area contributed by atoms with Crippen molar-refractivity contribution >= 4 is 24.7 Å². The first-order chi connectivity index (χ1) is 15.7. The highest BCUT2D eigenvalue weighted by Crippen LogP contribution is 2.29. The number of hydrogen-bond donors (Lipinski definition) is 0. The van der Waals surface area contributed by atoms with E-state index in [0.29, 0.717) is 19.6 Å². The fraction of sp³-hybridized carbons (Fsp3) is 0.320.